The van der Waals surface area contributed by atoms with Crippen molar-refractivity contribution in [1.29, 1.82) is 0 Å². The van der Waals surface area contributed by atoms with E-state index >= 15 is 0 Å². The van der Waals surface area contributed by atoms with Crippen LogP contribution in [0.1, 0.15) is 37.4 Å². The second-order valence-electron chi connectivity index (χ2n) is 5.32. The fraction of sp³-hybridized carbons (Fsp3) is 0.222. The van der Waals surface area contributed by atoms with Gasteiger partial charge in [-0.3, -0.25) is 4.79 Å². The van der Waals surface area contributed by atoms with Crippen molar-refractivity contribution in [3.63, 3.8) is 0 Å². The van der Waals surface area contributed by atoms with E-state index in [4.69, 9.17) is 4.74 Å². The molecule has 0 radical (unpaired) electrons. The van der Waals surface area contributed by atoms with Crippen LogP contribution in [0.2, 0.25) is 0 Å². The van der Waals surface area contributed by atoms with Gasteiger partial charge in [0, 0.05) is 5.56 Å². The van der Waals surface area contributed by atoms with E-state index in [1.165, 1.54) is 24.3 Å². The summed E-state index contributed by atoms with van der Waals surface area (Å²) in [6.45, 7) is 5.41. The molecule has 114 valence electrons. The molecule has 0 aromatic heterocycles. The van der Waals surface area contributed by atoms with Crippen molar-refractivity contribution in [3.8, 4) is 5.75 Å². The summed E-state index contributed by atoms with van der Waals surface area (Å²) in [5.41, 5.74) is 3.74. The smallest absolute Gasteiger partial charge is 0.338 e. The van der Waals surface area contributed by atoms with Crippen LogP contribution in [0, 0.1) is 20.8 Å². The lowest BCUT2D eigenvalue weighted by Gasteiger charge is -2.10. The van der Waals surface area contributed by atoms with Gasteiger partial charge in [-0.05, 0) is 56.2 Å². The molecule has 0 atom stereocenters. The highest BCUT2D eigenvalue weighted by Gasteiger charge is 2.16. The number of aryl methyl sites for hydroxylation is 3. The Kier molecular flexibility index (Phi) is 4.61. The van der Waals surface area contributed by atoms with E-state index in [2.05, 4.69) is 0 Å². The molecule has 2 aromatic carbocycles. The second kappa shape index (κ2) is 6.43. The highest BCUT2D eigenvalue weighted by molar-refractivity contribution is 6.01. The Morgan fingerprint density at radius 1 is 1.00 bits per heavy atom. The number of benzene rings is 2. The standard InChI is InChI=1S/C18H18O4/c1-11-8-12(2)17(13(3)9-11)16(20)10-22-18(21)14-4-6-15(19)7-5-14/h4-9,19H,10H2,1-3H3. The van der Waals surface area contributed by atoms with Gasteiger partial charge in [-0.25, -0.2) is 4.79 Å². The molecule has 0 bridgehead atoms. The van der Waals surface area contributed by atoms with Gasteiger partial charge in [0.2, 0.25) is 5.78 Å². The Morgan fingerprint density at radius 2 is 1.55 bits per heavy atom. The molecule has 2 aromatic rings. The first-order valence-corrected chi connectivity index (χ1v) is 6.95. The number of hydrogen-bond donors (Lipinski definition) is 1. The van der Waals surface area contributed by atoms with Crippen molar-refractivity contribution in [2.24, 2.45) is 0 Å². The van der Waals surface area contributed by atoms with Crippen LogP contribution in [-0.4, -0.2) is 23.5 Å². The van der Waals surface area contributed by atoms with Crippen molar-refractivity contribution < 1.29 is 19.4 Å². The van der Waals surface area contributed by atoms with Gasteiger partial charge < -0.3 is 9.84 Å². The molecular formula is C18H18O4. The zero-order valence-corrected chi connectivity index (χ0v) is 12.8. The van der Waals surface area contributed by atoms with Gasteiger partial charge >= 0.3 is 5.97 Å². The molecule has 0 heterocycles. The Balaban J connectivity index is 2.07. The molecule has 0 unspecified atom stereocenters. The molecular weight excluding hydrogens is 280 g/mol. The number of phenolic OH excluding ortho intramolecular Hbond substituents is 1. The third-order valence-electron chi connectivity index (χ3n) is 3.39. The van der Waals surface area contributed by atoms with E-state index < -0.39 is 5.97 Å². The predicted molar refractivity (Wildman–Crippen MR) is 83.4 cm³/mol. The maximum atomic E-state index is 12.3. The number of esters is 1. The lowest BCUT2D eigenvalue weighted by molar-refractivity contribution is 0.0474. The lowest BCUT2D eigenvalue weighted by Crippen LogP contribution is -2.16. The molecule has 0 amide bonds. The third-order valence-corrected chi connectivity index (χ3v) is 3.39. The van der Waals surface area contributed by atoms with Gasteiger partial charge in [-0.2, -0.15) is 0 Å². The monoisotopic (exact) mass is 298 g/mol. The van der Waals surface area contributed by atoms with E-state index in [9.17, 15) is 14.7 Å². The topological polar surface area (TPSA) is 63.6 Å². The minimum Gasteiger partial charge on any atom is -0.508 e. The number of carbonyl (C=O) groups is 2. The average Bonchev–Trinajstić information content (AvgIpc) is 2.44. The molecule has 0 saturated heterocycles. The first-order chi connectivity index (χ1) is 10.4. The minimum atomic E-state index is -0.587. The van der Waals surface area contributed by atoms with Crippen LogP contribution < -0.4 is 0 Å². The summed E-state index contributed by atoms with van der Waals surface area (Å²) in [5, 5.41) is 9.18. The van der Waals surface area contributed by atoms with Crippen LogP contribution in [0.25, 0.3) is 0 Å². The average molecular weight is 298 g/mol. The van der Waals surface area contributed by atoms with Crippen LogP contribution in [0.4, 0.5) is 0 Å². The van der Waals surface area contributed by atoms with Crippen molar-refractivity contribution in [2.75, 3.05) is 6.61 Å². The number of ether oxygens (including phenoxy) is 1. The van der Waals surface area contributed by atoms with Crippen molar-refractivity contribution >= 4 is 11.8 Å². The van der Waals surface area contributed by atoms with Gasteiger partial charge in [0.05, 0.1) is 5.56 Å². The van der Waals surface area contributed by atoms with Crippen molar-refractivity contribution in [1.82, 2.24) is 0 Å². The molecule has 0 fully saturated rings. The molecule has 0 aliphatic heterocycles. The van der Waals surface area contributed by atoms with E-state index in [1.807, 2.05) is 32.9 Å². The van der Waals surface area contributed by atoms with Crippen LogP contribution in [0.5, 0.6) is 5.75 Å². The fourth-order valence-corrected chi connectivity index (χ4v) is 2.50. The number of ketones is 1. The summed E-state index contributed by atoms with van der Waals surface area (Å²) < 4.78 is 5.05. The molecule has 0 saturated carbocycles. The van der Waals surface area contributed by atoms with Gasteiger partial charge in [-0.15, -0.1) is 0 Å². The van der Waals surface area contributed by atoms with Crippen molar-refractivity contribution in [3.05, 3.63) is 64.2 Å². The van der Waals surface area contributed by atoms with Crippen LogP contribution in [0.15, 0.2) is 36.4 Å². The number of phenols is 1. The van der Waals surface area contributed by atoms with Gasteiger partial charge in [0.1, 0.15) is 5.75 Å². The summed E-state index contributed by atoms with van der Waals surface area (Å²) in [6.07, 6.45) is 0. The minimum absolute atomic E-state index is 0.0681. The highest BCUT2D eigenvalue weighted by atomic mass is 16.5. The first kappa shape index (κ1) is 15.8. The number of aromatic hydroxyl groups is 1. The number of carbonyl (C=O) groups excluding carboxylic acids is 2. The summed E-state index contributed by atoms with van der Waals surface area (Å²) in [4.78, 5) is 24.1. The second-order valence-corrected chi connectivity index (χ2v) is 5.32. The highest BCUT2D eigenvalue weighted by Crippen LogP contribution is 2.17. The van der Waals surface area contributed by atoms with Gasteiger partial charge in [0.15, 0.2) is 6.61 Å². The molecule has 2 rings (SSSR count). The molecule has 1 N–H and O–H groups in total. The predicted octanol–water partition coefficient (Wildman–Crippen LogP) is 3.36. The fourth-order valence-electron chi connectivity index (χ4n) is 2.50. The largest absolute Gasteiger partial charge is 0.508 e. The van der Waals surface area contributed by atoms with E-state index in [1.54, 1.807) is 0 Å². The first-order valence-electron chi connectivity index (χ1n) is 6.95. The zero-order valence-electron chi connectivity index (χ0n) is 12.8. The molecule has 0 spiro atoms. The maximum Gasteiger partial charge on any atom is 0.338 e. The van der Waals surface area contributed by atoms with Crippen LogP contribution in [0.3, 0.4) is 0 Å². The maximum absolute atomic E-state index is 12.3. The molecule has 0 aliphatic rings. The summed E-state index contributed by atoms with van der Waals surface area (Å²) in [7, 11) is 0. The van der Waals surface area contributed by atoms with Gasteiger partial charge in [-0.1, -0.05) is 17.7 Å². The van der Waals surface area contributed by atoms with E-state index in [-0.39, 0.29) is 18.1 Å². The SMILES string of the molecule is Cc1cc(C)c(C(=O)COC(=O)c2ccc(O)cc2)c(C)c1. The Bertz CT molecular complexity index is 691. The van der Waals surface area contributed by atoms with E-state index in [0.29, 0.717) is 11.1 Å². The molecule has 4 heteroatoms. The van der Waals surface area contributed by atoms with Gasteiger partial charge in [0.25, 0.3) is 0 Å². The summed E-state index contributed by atoms with van der Waals surface area (Å²) >= 11 is 0. The lowest BCUT2D eigenvalue weighted by atomic mass is 9.97. The Morgan fingerprint density at radius 3 is 2.09 bits per heavy atom. The summed E-state index contributed by atoms with van der Waals surface area (Å²) in [6, 6.07) is 9.55. The zero-order chi connectivity index (χ0) is 16.3. The van der Waals surface area contributed by atoms with E-state index in [0.717, 1.165) is 16.7 Å². The number of Topliss-reactive ketones (excluding diaryl/α,β-unsaturated/α-hetero) is 1. The van der Waals surface area contributed by atoms with Crippen LogP contribution in [-0.2, 0) is 4.74 Å². The molecule has 0 aliphatic carbocycles. The Hall–Kier alpha value is -2.62. The number of rotatable bonds is 4. The Labute approximate surface area is 129 Å². The number of hydrogen-bond acceptors (Lipinski definition) is 4. The summed E-state index contributed by atoms with van der Waals surface area (Å²) in [5.74, 6) is -0.739. The van der Waals surface area contributed by atoms with Crippen molar-refractivity contribution in [2.45, 2.75) is 20.8 Å². The molecule has 22 heavy (non-hydrogen) atoms. The molecule has 4 nitrogen and oxygen atoms in total. The van der Waals surface area contributed by atoms with Crippen LogP contribution >= 0.6 is 0 Å². The normalized spacial score (nSPS) is 10.3. The quantitative estimate of drug-likeness (QED) is 0.694. The third kappa shape index (κ3) is 3.52.